The Kier molecular flexibility index (Phi) is 37.2. The number of unbranched alkanes of at least 4 members (excludes halogenated alkanes) is 17. The monoisotopic (exact) mass is 791 g/mol. The van der Waals surface area contributed by atoms with Crippen molar-refractivity contribution in [2.75, 3.05) is 47.5 Å². The predicted molar refractivity (Wildman–Crippen MR) is 230 cm³/mol. The van der Waals surface area contributed by atoms with Gasteiger partial charge in [0.1, 0.15) is 13.2 Å². The number of likely N-dealkylation sites (N-methyl/N-ethyl adjacent to an activating group) is 1. The second kappa shape index (κ2) is 39.1. The maximum absolute atomic E-state index is 12.7. The maximum atomic E-state index is 12.7. The molecule has 9 heteroatoms. The summed E-state index contributed by atoms with van der Waals surface area (Å²) in [6.45, 7) is 4.67. The third-order valence-electron chi connectivity index (χ3n) is 9.36. The zero-order valence-corrected chi connectivity index (χ0v) is 36.5. The zero-order valence-electron chi connectivity index (χ0n) is 36.5. The summed E-state index contributed by atoms with van der Waals surface area (Å²) in [6.07, 6.45) is 41.9. The molecule has 0 heterocycles. The standard InChI is InChI=1S/C47H83NO8/c1-6-8-10-12-14-16-18-20-21-22-23-24-26-27-29-31-33-35-37-44(49)54-41-43(42-55-47(46(51)52)53-40-39-48(3,4)5)56-45(50)38-36-34-32-30-28-25-19-17-15-13-11-9-7-2/h9,11,15,17,25,28,32,34,43,47H,6-8,10,12-14,16,18-24,26-27,29-31,33,35-42H2,1-5H3/p+1/b11-9-,17-15-,28-25-,34-32-. The Labute approximate surface area is 342 Å². The number of rotatable bonds is 40. The van der Waals surface area contributed by atoms with Gasteiger partial charge in [0.25, 0.3) is 6.29 Å². The maximum Gasteiger partial charge on any atom is 0.361 e. The summed E-state index contributed by atoms with van der Waals surface area (Å²) < 4.78 is 22.6. The van der Waals surface area contributed by atoms with Crippen LogP contribution in [0.1, 0.15) is 174 Å². The van der Waals surface area contributed by atoms with Crippen LogP contribution in [-0.4, -0.2) is 87.4 Å². The molecule has 0 aliphatic heterocycles. The molecule has 0 aromatic rings. The van der Waals surface area contributed by atoms with E-state index in [0.717, 1.165) is 44.9 Å². The van der Waals surface area contributed by atoms with Crippen LogP contribution in [0, 0.1) is 0 Å². The number of allylic oxidation sites excluding steroid dienone is 8. The lowest BCUT2D eigenvalue weighted by Gasteiger charge is -2.25. The molecule has 1 N–H and O–H groups in total. The third kappa shape index (κ3) is 39.5. The number of ether oxygens (including phenoxy) is 4. The molecule has 0 saturated carbocycles. The SMILES string of the molecule is CC/C=C\C/C=C\C/C=C\C/C=C\CCC(=O)OC(COC(=O)CCCCCCCCCCCCCCCCCCCC)COC(OCC[N+](C)(C)C)C(=O)O. The fraction of sp³-hybridized carbons (Fsp3) is 0.766. The van der Waals surface area contributed by atoms with Crippen LogP contribution >= 0.6 is 0 Å². The van der Waals surface area contributed by atoms with Gasteiger partial charge in [0.05, 0.1) is 34.4 Å². The number of nitrogens with zero attached hydrogens (tertiary/aromatic N) is 1. The summed E-state index contributed by atoms with van der Waals surface area (Å²) >= 11 is 0. The number of carbonyl (C=O) groups is 3. The van der Waals surface area contributed by atoms with Crippen LogP contribution in [0.4, 0.5) is 0 Å². The summed E-state index contributed by atoms with van der Waals surface area (Å²) in [6, 6.07) is 0. The average molecular weight is 791 g/mol. The first-order valence-corrected chi connectivity index (χ1v) is 22.3. The summed E-state index contributed by atoms with van der Waals surface area (Å²) in [5, 5.41) is 9.62. The van der Waals surface area contributed by atoms with Crippen LogP contribution in [-0.2, 0) is 33.3 Å². The van der Waals surface area contributed by atoms with E-state index in [1.54, 1.807) is 0 Å². The Hall–Kier alpha value is -2.75. The summed E-state index contributed by atoms with van der Waals surface area (Å²) in [4.78, 5) is 37.0. The highest BCUT2D eigenvalue weighted by Crippen LogP contribution is 2.15. The second-order valence-corrected chi connectivity index (χ2v) is 16.0. The van der Waals surface area contributed by atoms with E-state index in [2.05, 4.69) is 50.3 Å². The smallest absolute Gasteiger partial charge is 0.361 e. The Morgan fingerprint density at radius 1 is 0.554 bits per heavy atom. The van der Waals surface area contributed by atoms with E-state index in [4.69, 9.17) is 18.9 Å². The van der Waals surface area contributed by atoms with E-state index in [0.29, 0.717) is 17.4 Å². The topological polar surface area (TPSA) is 108 Å². The summed E-state index contributed by atoms with van der Waals surface area (Å²) in [5.74, 6) is -2.11. The van der Waals surface area contributed by atoms with Crippen molar-refractivity contribution in [2.24, 2.45) is 0 Å². The van der Waals surface area contributed by atoms with Crippen LogP contribution < -0.4 is 0 Å². The molecule has 0 bridgehead atoms. The Balaban J connectivity index is 4.47. The molecule has 0 aromatic heterocycles. The summed E-state index contributed by atoms with van der Waals surface area (Å²) in [7, 11) is 5.93. The summed E-state index contributed by atoms with van der Waals surface area (Å²) in [5.41, 5.74) is 0. The first-order chi connectivity index (χ1) is 27.1. The highest BCUT2D eigenvalue weighted by atomic mass is 16.7. The van der Waals surface area contributed by atoms with Gasteiger partial charge >= 0.3 is 17.9 Å². The molecule has 0 fully saturated rings. The van der Waals surface area contributed by atoms with E-state index in [1.165, 1.54) is 96.3 Å². The highest BCUT2D eigenvalue weighted by molar-refractivity contribution is 5.71. The molecule has 0 aliphatic rings. The largest absolute Gasteiger partial charge is 0.477 e. The lowest BCUT2D eigenvalue weighted by atomic mass is 10.0. The molecule has 9 nitrogen and oxygen atoms in total. The Morgan fingerprint density at radius 3 is 1.48 bits per heavy atom. The van der Waals surface area contributed by atoms with E-state index >= 15 is 0 Å². The van der Waals surface area contributed by atoms with Crippen molar-refractivity contribution in [3.63, 3.8) is 0 Å². The molecule has 2 atom stereocenters. The first-order valence-electron chi connectivity index (χ1n) is 22.3. The molecule has 324 valence electrons. The molecule has 0 saturated heterocycles. The number of aliphatic carboxylic acids is 1. The number of carboxylic acids is 1. The molecule has 0 radical (unpaired) electrons. The van der Waals surface area contributed by atoms with Gasteiger partial charge in [0.2, 0.25) is 0 Å². The number of esters is 2. The molecule has 56 heavy (non-hydrogen) atoms. The van der Waals surface area contributed by atoms with Crippen LogP contribution in [0.15, 0.2) is 48.6 Å². The number of hydrogen-bond donors (Lipinski definition) is 1. The van der Waals surface area contributed by atoms with Gasteiger partial charge in [-0.2, -0.15) is 0 Å². The lowest BCUT2D eigenvalue weighted by Crippen LogP contribution is -2.40. The number of carboxylic acid groups (broad SMARTS) is 1. The van der Waals surface area contributed by atoms with Gasteiger partial charge < -0.3 is 28.5 Å². The van der Waals surface area contributed by atoms with Crippen molar-refractivity contribution in [1.82, 2.24) is 0 Å². The van der Waals surface area contributed by atoms with Crippen LogP contribution in [0.3, 0.4) is 0 Å². The van der Waals surface area contributed by atoms with Gasteiger partial charge in [-0.25, -0.2) is 4.79 Å². The Morgan fingerprint density at radius 2 is 1.02 bits per heavy atom. The molecule has 0 amide bonds. The second-order valence-electron chi connectivity index (χ2n) is 16.0. The Bertz CT molecular complexity index is 1060. The minimum atomic E-state index is -1.53. The fourth-order valence-electron chi connectivity index (χ4n) is 5.91. The van der Waals surface area contributed by atoms with Crippen molar-refractivity contribution in [1.29, 1.82) is 0 Å². The first kappa shape index (κ1) is 53.2. The van der Waals surface area contributed by atoms with Gasteiger partial charge in [-0.1, -0.05) is 172 Å². The van der Waals surface area contributed by atoms with E-state index in [-0.39, 0.29) is 38.6 Å². The third-order valence-corrected chi connectivity index (χ3v) is 9.36. The van der Waals surface area contributed by atoms with Gasteiger partial charge in [-0.15, -0.1) is 0 Å². The molecule has 0 spiro atoms. The van der Waals surface area contributed by atoms with Crippen molar-refractivity contribution < 1.29 is 42.9 Å². The van der Waals surface area contributed by atoms with Crippen molar-refractivity contribution in [2.45, 2.75) is 187 Å². The fourth-order valence-corrected chi connectivity index (χ4v) is 5.91. The van der Waals surface area contributed by atoms with Gasteiger partial charge in [0.15, 0.2) is 6.10 Å². The molecule has 0 rings (SSSR count). The minimum Gasteiger partial charge on any atom is -0.477 e. The van der Waals surface area contributed by atoms with Crippen LogP contribution in [0.25, 0.3) is 0 Å². The average Bonchev–Trinajstić information content (AvgIpc) is 3.15. The van der Waals surface area contributed by atoms with Crippen molar-refractivity contribution >= 4 is 17.9 Å². The molecular formula is C47H84NO8+. The highest BCUT2D eigenvalue weighted by Gasteiger charge is 2.25. The molecule has 0 aliphatic carbocycles. The van der Waals surface area contributed by atoms with Gasteiger partial charge in [-0.05, 0) is 38.5 Å². The number of carbonyl (C=O) groups excluding carboxylic acids is 2. The molecule has 2 unspecified atom stereocenters. The quantitative estimate of drug-likeness (QED) is 0.0215. The molecule has 0 aromatic carbocycles. The number of quaternary nitrogens is 1. The van der Waals surface area contributed by atoms with E-state index in [1.807, 2.05) is 33.3 Å². The predicted octanol–water partition coefficient (Wildman–Crippen LogP) is 11.6. The molecular weight excluding hydrogens is 707 g/mol. The van der Waals surface area contributed by atoms with Crippen molar-refractivity contribution in [3.05, 3.63) is 48.6 Å². The van der Waals surface area contributed by atoms with Crippen molar-refractivity contribution in [3.8, 4) is 0 Å². The normalized spacial score (nSPS) is 13.4. The van der Waals surface area contributed by atoms with Crippen LogP contribution in [0.2, 0.25) is 0 Å². The minimum absolute atomic E-state index is 0.139. The van der Waals surface area contributed by atoms with E-state index < -0.39 is 24.3 Å². The van der Waals surface area contributed by atoms with E-state index in [9.17, 15) is 19.5 Å². The van der Waals surface area contributed by atoms with Crippen LogP contribution in [0.5, 0.6) is 0 Å². The number of hydrogen-bond acceptors (Lipinski definition) is 7. The zero-order chi connectivity index (χ0) is 41.4. The van der Waals surface area contributed by atoms with Gasteiger partial charge in [-0.3, -0.25) is 9.59 Å². The lowest BCUT2D eigenvalue weighted by molar-refractivity contribution is -0.870. The van der Waals surface area contributed by atoms with Gasteiger partial charge in [0, 0.05) is 12.8 Å².